The van der Waals surface area contributed by atoms with E-state index in [0.717, 1.165) is 18.4 Å². The summed E-state index contributed by atoms with van der Waals surface area (Å²) >= 11 is 18.9. The first kappa shape index (κ1) is 21.0. The second kappa shape index (κ2) is 8.11. The van der Waals surface area contributed by atoms with E-state index in [0.29, 0.717) is 21.7 Å². The molecule has 2 fully saturated rings. The van der Waals surface area contributed by atoms with Crippen LogP contribution < -0.4 is 5.32 Å². The van der Waals surface area contributed by atoms with E-state index in [1.54, 1.807) is 13.2 Å². The molecule has 1 N–H and O–H groups in total. The van der Waals surface area contributed by atoms with Crippen molar-refractivity contribution in [1.29, 1.82) is 0 Å². The Balaban J connectivity index is 1.86. The molecular weight excluding hydrogens is 429 g/mol. The highest BCUT2D eigenvalue weighted by Crippen LogP contribution is 2.59. The average Bonchev–Trinajstić information content (AvgIpc) is 2.93. The highest BCUT2D eigenvalue weighted by molar-refractivity contribution is 6.35. The number of nitrogens with one attached hydrogen (secondary N) is 1. The number of halogens is 3. The number of hydrogen-bond donors (Lipinski definition) is 1. The third-order valence-electron chi connectivity index (χ3n) is 6.73. The molecule has 0 aromatic heterocycles. The van der Waals surface area contributed by atoms with Crippen LogP contribution in [0.4, 0.5) is 0 Å². The Bertz CT molecular complexity index is 917. The van der Waals surface area contributed by atoms with E-state index < -0.39 is 5.41 Å². The molecule has 6 heteroatoms. The van der Waals surface area contributed by atoms with Crippen LogP contribution in [0.2, 0.25) is 15.1 Å². The highest BCUT2D eigenvalue weighted by Gasteiger charge is 2.60. The first-order valence-corrected chi connectivity index (χ1v) is 11.0. The van der Waals surface area contributed by atoms with E-state index >= 15 is 0 Å². The predicted molar refractivity (Wildman–Crippen MR) is 118 cm³/mol. The lowest BCUT2D eigenvalue weighted by molar-refractivity contribution is -0.135. The van der Waals surface area contributed by atoms with Gasteiger partial charge < -0.3 is 10.1 Å². The van der Waals surface area contributed by atoms with Gasteiger partial charge in [0.1, 0.15) is 0 Å². The van der Waals surface area contributed by atoms with Gasteiger partial charge in [-0.15, -0.1) is 0 Å². The van der Waals surface area contributed by atoms with Crippen molar-refractivity contribution in [2.45, 2.75) is 37.6 Å². The van der Waals surface area contributed by atoms with E-state index in [9.17, 15) is 4.79 Å². The number of rotatable bonds is 4. The number of fused-ring (bicyclic) bond motifs is 1. The maximum absolute atomic E-state index is 13.1. The van der Waals surface area contributed by atoms with Crippen LogP contribution in [0.1, 0.15) is 42.7 Å². The number of methoxy groups -OCH3 is 1. The number of ether oxygens (including phenoxy) is 1. The highest BCUT2D eigenvalue weighted by atomic mass is 35.5. The van der Waals surface area contributed by atoms with E-state index in [-0.39, 0.29) is 29.7 Å². The van der Waals surface area contributed by atoms with E-state index in [1.165, 1.54) is 5.56 Å². The van der Waals surface area contributed by atoms with Crippen molar-refractivity contribution >= 4 is 40.7 Å². The number of carbonyl (C=O) groups is 1. The lowest BCUT2D eigenvalue weighted by Gasteiger charge is -2.47. The molecule has 2 aromatic rings. The molecular formula is C23H24Cl3NO2. The van der Waals surface area contributed by atoms with Gasteiger partial charge in [-0.25, -0.2) is 0 Å². The monoisotopic (exact) mass is 451 g/mol. The van der Waals surface area contributed by atoms with E-state index in [2.05, 4.69) is 24.4 Å². The van der Waals surface area contributed by atoms with Gasteiger partial charge >= 0.3 is 0 Å². The molecule has 1 aliphatic carbocycles. The van der Waals surface area contributed by atoms with Crippen LogP contribution in [-0.2, 0) is 9.53 Å². The molecule has 1 aliphatic heterocycles. The molecule has 3 nitrogen and oxygen atoms in total. The van der Waals surface area contributed by atoms with Crippen molar-refractivity contribution in [1.82, 2.24) is 5.32 Å². The summed E-state index contributed by atoms with van der Waals surface area (Å²) in [5.41, 5.74) is 1.71. The summed E-state index contributed by atoms with van der Waals surface area (Å²) in [4.78, 5) is 13.1. The summed E-state index contributed by atoms with van der Waals surface area (Å²) in [6.07, 6.45) is 1.60. The van der Waals surface area contributed by atoms with Crippen LogP contribution in [-0.4, -0.2) is 25.7 Å². The third-order valence-corrected chi connectivity index (χ3v) is 7.54. The fraction of sp³-hybridized carbons (Fsp3) is 0.435. The average molecular weight is 453 g/mol. The molecule has 0 radical (unpaired) electrons. The lowest BCUT2D eigenvalue weighted by Crippen LogP contribution is -2.47. The molecule has 29 heavy (non-hydrogen) atoms. The normalized spacial score (nSPS) is 31.4. The Labute approximate surface area is 186 Å². The van der Waals surface area contributed by atoms with Gasteiger partial charge in [0.05, 0.1) is 12.0 Å². The summed E-state index contributed by atoms with van der Waals surface area (Å²) < 4.78 is 5.56. The molecule has 5 atom stereocenters. The zero-order chi connectivity index (χ0) is 20.8. The standard InChI is InChI=1S/C23H24Cl3NO2/c1-13-21-20(14-3-5-15(24)6-4-14)18(17-8-7-16(25)11-19(17)26)9-10-23(21,12-29-2)22(28)27-13/h3-8,11,13,18,20-21H,9-10,12H2,1-2H3,(H,27,28)/t13?,18-,20-,21?,23-/m0/s1. The van der Waals surface area contributed by atoms with Gasteiger partial charge in [-0.3, -0.25) is 4.79 Å². The SMILES string of the molecule is COC[C@@]12CC[C@@H](c3ccc(Cl)cc3Cl)[C@H](c3ccc(Cl)cc3)C1C(C)NC2=O. The van der Waals surface area contributed by atoms with Crippen LogP contribution in [0.5, 0.6) is 0 Å². The van der Waals surface area contributed by atoms with Crippen molar-refractivity contribution < 1.29 is 9.53 Å². The third kappa shape index (κ3) is 3.57. The second-order valence-electron chi connectivity index (χ2n) is 8.27. The molecule has 2 aromatic carbocycles. The summed E-state index contributed by atoms with van der Waals surface area (Å²) in [5.74, 6) is 0.452. The van der Waals surface area contributed by atoms with Crippen LogP contribution in [0.15, 0.2) is 42.5 Å². The van der Waals surface area contributed by atoms with Crippen molar-refractivity contribution in [3.63, 3.8) is 0 Å². The van der Waals surface area contributed by atoms with Gasteiger partial charge in [0.15, 0.2) is 0 Å². The fourth-order valence-electron chi connectivity index (χ4n) is 5.62. The zero-order valence-corrected chi connectivity index (χ0v) is 18.7. The molecule has 2 unspecified atom stereocenters. The summed E-state index contributed by atoms with van der Waals surface area (Å²) in [5, 5.41) is 5.18. The predicted octanol–water partition coefficient (Wildman–Crippen LogP) is 6.08. The molecule has 154 valence electrons. The van der Waals surface area contributed by atoms with E-state index in [4.69, 9.17) is 39.5 Å². The first-order valence-electron chi connectivity index (χ1n) is 9.87. The topological polar surface area (TPSA) is 38.3 Å². The van der Waals surface area contributed by atoms with Gasteiger partial charge in [-0.2, -0.15) is 0 Å². The number of amides is 1. The smallest absolute Gasteiger partial charge is 0.229 e. The summed E-state index contributed by atoms with van der Waals surface area (Å²) in [7, 11) is 1.67. The van der Waals surface area contributed by atoms with Gasteiger partial charge in [0, 0.05) is 34.1 Å². The van der Waals surface area contributed by atoms with Crippen molar-refractivity contribution in [3.05, 3.63) is 68.7 Å². The minimum Gasteiger partial charge on any atom is -0.384 e. The Morgan fingerprint density at radius 1 is 1.10 bits per heavy atom. The molecule has 4 rings (SSSR count). The summed E-state index contributed by atoms with van der Waals surface area (Å²) in [6, 6.07) is 13.7. The molecule has 0 spiro atoms. The van der Waals surface area contributed by atoms with Crippen LogP contribution in [0, 0.1) is 11.3 Å². The Hall–Kier alpha value is -1.26. The molecule has 1 saturated heterocycles. The largest absolute Gasteiger partial charge is 0.384 e. The maximum Gasteiger partial charge on any atom is 0.229 e. The fourth-order valence-corrected chi connectivity index (χ4v) is 6.29. The minimum atomic E-state index is -0.534. The Morgan fingerprint density at radius 3 is 2.45 bits per heavy atom. The van der Waals surface area contributed by atoms with Gasteiger partial charge in [0.25, 0.3) is 0 Å². The number of carbonyl (C=O) groups excluding carboxylic acids is 1. The second-order valence-corrected chi connectivity index (χ2v) is 9.55. The van der Waals surface area contributed by atoms with Crippen LogP contribution in [0.3, 0.4) is 0 Å². The van der Waals surface area contributed by atoms with Crippen LogP contribution >= 0.6 is 34.8 Å². The Kier molecular flexibility index (Phi) is 5.87. The van der Waals surface area contributed by atoms with Crippen molar-refractivity contribution in [2.75, 3.05) is 13.7 Å². The molecule has 0 bridgehead atoms. The van der Waals surface area contributed by atoms with Crippen molar-refractivity contribution in [3.8, 4) is 0 Å². The van der Waals surface area contributed by atoms with E-state index in [1.807, 2.05) is 24.3 Å². The first-order chi connectivity index (χ1) is 13.9. The molecule has 1 saturated carbocycles. The van der Waals surface area contributed by atoms with Gasteiger partial charge in [0.2, 0.25) is 5.91 Å². The zero-order valence-electron chi connectivity index (χ0n) is 16.4. The van der Waals surface area contributed by atoms with Gasteiger partial charge in [-0.1, -0.05) is 53.0 Å². The maximum atomic E-state index is 13.1. The van der Waals surface area contributed by atoms with Crippen LogP contribution in [0.25, 0.3) is 0 Å². The lowest BCUT2D eigenvalue weighted by atomic mass is 9.55. The number of benzene rings is 2. The van der Waals surface area contributed by atoms with Gasteiger partial charge in [-0.05, 0) is 67.0 Å². The Morgan fingerprint density at radius 2 is 1.79 bits per heavy atom. The summed E-state index contributed by atoms with van der Waals surface area (Å²) in [6.45, 7) is 2.51. The molecule has 1 amide bonds. The number of hydrogen-bond acceptors (Lipinski definition) is 2. The minimum absolute atomic E-state index is 0.0344. The molecule has 2 aliphatic rings. The van der Waals surface area contributed by atoms with Crippen molar-refractivity contribution in [2.24, 2.45) is 11.3 Å². The molecule has 1 heterocycles. The quantitative estimate of drug-likeness (QED) is 0.611.